The average Bonchev–Trinajstić information content (AvgIpc) is 3.43. The number of likely N-dealkylation sites (tertiary alicyclic amines) is 1. The first-order chi connectivity index (χ1) is 14.7. The summed E-state index contributed by atoms with van der Waals surface area (Å²) >= 11 is 0. The molecular formula is C24H28N4O2. The molecule has 1 aliphatic rings. The number of nitrogens with zero attached hydrogens (tertiary/aromatic N) is 4. The lowest BCUT2D eigenvalue weighted by Gasteiger charge is -2.25. The van der Waals surface area contributed by atoms with E-state index in [2.05, 4.69) is 31.8 Å². The largest absolute Gasteiger partial charge is 0.497 e. The molecule has 3 aromatic rings. The Morgan fingerprint density at radius 3 is 2.67 bits per heavy atom. The summed E-state index contributed by atoms with van der Waals surface area (Å²) in [6.07, 6.45) is 6.09. The van der Waals surface area contributed by atoms with E-state index in [1.807, 2.05) is 42.5 Å². The van der Waals surface area contributed by atoms with Crippen molar-refractivity contribution in [3.05, 3.63) is 77.9 Å². The zero-order chi connectivity index (χ0) is 20.8. The molecule has 2 aromatic carbocycles. The summed E-state index contributed by atoms with van der Waals surface area (Å²) in [5.41, 5.74) is 2.25. The summed E-state index contributed by atoms with van der Waals surface area (Å²) in [6, 6.07) is 18.4. The van der Waals surface area contributed by atoms with E-state index in [0.29, 0.717) is 6.42 Å². The summed E-state index contributed by atoms with van der Waals surface area (Å²) in [5.74, 6) is 1.99. The lowest BCUT2D eigenvalue weighted by atomic mass is 10.1. The summed E-state index contributed by atoms with van der Waals surface area (Å²) in [5, 5.41) is 8.43. The number of benzene rings is 2. The molecule has 0 radical (unpaired) electrons. The Labute approximate surface area is 177 Å². The maximum Gasteiger partial charge on any atom is 0.227 e. The third kappa shape index (κ3) is 4.87. The van der Waals surface area contributed by atoms with Crippen LogP contribution in [0.2, 0.25) is 0 Å². The van der Waals surface area contributed by atoms with Gasteiger partial charge in [0.05, 0.1) is 20.1 Å². The van der Waals surface area contributed by atoms with Gasteiger partial charge in [0.15, 0.2) is 0 Å². The van der Waals surface area contributed by atoms with Crippen molar-refractivity contribution in [2.75, 3.05) is 13.7 Å². The molecule has 0 bridgehead atoms. The summed E-state index contributed by atoms with van der Waals surface area (Å²) in [7, 11) is 1.65. The van der Waals surface area contributed by atoms with Gasteiger partial charge in [0.25, 0.3) is 0 Å². The first kappa shape index (κ1) is 20.1. The fraction of sp³-hybridized carbons (Fsp3) is 0.375. The number of hydrogen-bond donors (Lipinski definition) is 0. The van der Waals surface area contributed by atoms with Crippen molar-refractivity contribution in [1.29, 1.82) is 0 Å². The lowest BCUT2D eigenvalue weighted by molar-refractivity contribution is -0.131. The van der Waals surface area contributed by atoms with E-state index in [9.17, 15) is 4.79 Å². The van der Waals surface area contributed by atoms with Gasteiger partial charge in [0.2, 0.25) is 5.91 Å². The van der Waals surface area contributed by atoms with Gasteiger partial charge in [-0.3, -0.25) is 4.79 Å². The number of ether oxygens (including phenoxy) is 1. The predicted molar refractivity (Wildman–Crippen MR) is 115 cm³/mol. The van der Waals surface area contributed by atoms with E-state index in [-0.39, 0.29) is 11.9 Å². The predicted octanol–water partition coefficient (Wildman–Crippen LogP) is 3.50. The molecular weight excluding hydrogens is 376 g/mol. The molecule has 156 valence electrons. The molecule has 1 atom stereocenters. The first-order valence-electron chi connectivity index (χ1n) is 10.6. The van der Waals surface area contributed by atoms with E-state index in [0.717, 1.165) is 55.9 Å². The smallest absolute Gasteiger partial charge is 0.227 e. The van der Waals surface area contributed by atoms with Crippen molar-refractivity contribution >= 4 is 5.91 Å². The monoisotopic (exact) mass is 404 g/mol. The highest BCUT2D eigenvalue weighted by Gasteiger charge is 2.28. The molecule has 6 heteroatoms. The molecule has 0 aliphatic carbocycles. The molecule has 0 saturated carbocycles. The van der Waals surface area contributed by atoms with Crippen molar-refractivity contribution in [1.82, 2.24) is 19.7 Å². The molecule has 1 amide bonds. The highest BCUT2D eigenvalue weighted by Crippen LogP contribution is 2.23. The van der Waals surface area contributed by atoms with Gasteiger partial charge < -0.3 is 14.2 Å². The minimum Gasteiger partial charge on any atom is -0.497 e. The van der Waals surface area contributed by atoms with Crippen LogP contribution >= 0.6 is 0 Å². The quantitative estimate of drug-likeness (QED) is 0.577. The topological polar surface area (TPSA) is 60.2 Å². The number of rotatable bonds is 8. The van der Waals surface area contributed by atoms with Crippen LogP contribution in [0, 0.1) is 0 Å². The molecule has 1 saturated heterocycles. The average molecular weight is 405 g/mol. The summed E-state index contributed by atoms with van der Waals surface area (Å²) in [4.78, 5) is 15.0. The fourth-order valence-electron chi connectivity index (χ4n) is 4.16. The fourth-order valence-corrected chi connectivity index (χ4v) is 4.16. The van der Waals surface area contributed by atoms with Crippen molar-refractivity contribution < 1.29 is 9.53 Å². The molecule has 0 N–H and O–H groups in total. The highest BCUT2D eigenvalue weighted by atomic mass is 16.5. The number of carbonyl (C=O) groups excluding carboxylic acids is 1. The number of aryl methyl sites for hydroxylation is 1. The number of methoxy groups -OCH3 is 1. The number of hydrogen-bond acceptors (Lipinski definition) is 4. The van der Waals surface area contributed by atoms with Gasteiger partial charge in [-0.25, -0.2) is 0 Å². The van der Waals surface area contributed by atoms with Gasteiger partial charge in [0, 0.05) is 19.0 Å². The minimum absolute atomic E-state index is 0.202. The molecule has 4 rings (SSSR count). The van der Waals surface area contributed by atoms with Crippen LogP contribution in [0.25, 0.3) is 0 Å². The van der Waals surface area contributed by atoms with Gasteiger partial charge in [0.1, 0.15) is 17.9 Å². The lowest BCUT2D eigenvalue weighted by Crippen LogP contribution is -2.37. The van der Waals surface area contributed by atoms with Crippen molar-refractivity contribution in [2.45, 2.75) is 44.7 Å². The Morgan fingerprint density at radius 1 is 1.10 bits per heavy atom. The van der Waals surface area contributed by atoms with Crippen LogP contribution < -0.4 is 4.74 Å². The van der Waals surface area contributed by atoms with E-state index in [1.54, 1.807) is 13.4 Å². The Kier molecular flexibility index (Phi) is 6.42. The number of aromatic nitrogens is 3. The molecule has 1 aromatic heterocycles. The van der Waals surface area contributed by atoms with Crippen LogP contribution in [-0.4, -0.2) is 45.3 Å². The third-order valence-corrected chi connectivity index (χ3v) is 5.80. The van der Waals surface area contributed by atoms with Crippen LogP contribution in [0.5, 0.6) is 5.75 Å². The Hall–Kier alpha value is -3.15. The normalized spacial score (nSPS) is 16.0. The van der Waals surface area contributed by atoms with Crippen molar-refractivity contribution in [3.8, 4) is 5.75 Å². The van der Waals surface area contributed by atoms with Gasteiger partial charge >= 0.3 is 0 Å². The SMILES string of the molecule is COc1ccc(CC(=O)N2CCCC2CCc2nncn2Cc2ccccc2)cc1. The van der Waals surface area contributed by atoms with Crippen LogP contribution in [0.15, 0.2) is 60.9 Å². The van der Waals surface area contributed by atoms with Gasteiger partial charge in [-0.05, 0) is 42.5 Å². The molecule has 1 aliphatic heterocycles. The Bertz CT molecular complexity index is 953. The van der Waals surface area contributed by atoms with Gasteiger partial charge in [-0.15, -0.1) is 10.2 Å². The van der Waals surface area contributed by atoms with E-state index < -0.39 is 0 Å². The van der Waals surface area contributed by atoms with E-state index in [4.69, 9.17) is 4.74 Å². The van der Waals surface area contributed by atoms with Crippen LogP contribution in [-0.2, 0) is 24.2 Å². The second kappa shape index (κ2) is 9.57. The Balaban J connectivity index is 1.34. The zero-order valence-corrected chi connectivity index (χ0v) is 17.4. The first-order valence-corrected chi connectivity index (χ1v) is 10.6. The second-order valence-electron chi connectivity index (χ2n) is 7.81. The summed E-state index contributed by atoms with van der Waals surface area (Å²) in [6.45, 7) is 1.62. The molecule has 1 fully saturated rings. The van der Waals surface area contributed by atoms with Crippen molar-refractivity contribution in [3.63, 3.8) is 0 Å². The number of carbonyl (C=O) groups is 1. The van der Waals surface area contributed by atoms with Crippen LogP contribution in [0.3, 0.4) is 0 Å². The molecule has 6 nitrogen and oxygen atoms in total. The third-order valence-electron chi connectivity index (χ3n) is 5.80. The summed E-state index contributed by atoms with van der Waals surface area (Å²) < 4.78 is 7.30. The zero-order valence-electron chi connectivity index (χ0n) is 17.4. The maximum absolute atomic E-state index is 12.9. The molecule has 1 unspecified atom stereocenters. The molecule has 2 heterocycles. The van der Waals surface area contributed by atoms with E-state index >= 15 is 0 Å². The van der Waals surface area contributed by atoms with Crippen LogP contribution in [0.1, 0.15) is 36.2 Å². The van der Waals surface area contributed by atoms with Gasteiger partial charge in [-0.1, -0.05) is 42.5 Å². The van der Waals surface area contributed by atoms with Gasteiger partial charge in [-0.2, -0.15) is 0 Å². The highest BCUT2D eigenvalue weighted by molar-refractivity contribution is 5.79. The standard InChI is InChI=1S/C24H28N4O2/c1-30-22-12-9-19(10-13-22)16-24(29)28-15-5-8-21(28)11-14-23-26-25-18-27(23)17-20-6-3-2-4-7-20/h2-4,6-7,9-10,12-13,18,21H,5,8,11,14-17H2,1H3. The second-order valence-corrected chi connectivity index (χ2v) is 7.81. The van der Waals surface area contributed by atoms with Crippen molar-refractivity contribution in [2.24, 2.45) is 0 Å². The maximum atomic E-state index is 12.9. The van der Waals surface area contributed by atoms with E-state index in [1.165, 1.54) is 5.56 Å². The van der Waals surface area contributed by atoms with Crippen LogP contribution in [0.4, 0.5) is 0 Å². The molecule has 0 spiro atoms. The number of amides is 1. The Morgan fingerprint density at radius 2 is 1.90 bits per heavy atom. The minimum atomic E-state index is 0.202. The molecule has 30 heavy (non-hydrogen) atoms.